The van der Waals surface area contributed by atoms with Crippen LogP contribution in [-0.2, 0) is 0 Å². The molecule has 4 N–H and O–H groups in total. The number of fused-ring (bicyclic) bond motifs is 2. The number of anilines is 3. The number of rotatable bonds is 3. The first-order valence-corrected chi connectivity index (χ1v) is 9.44. The van der Waals surface area contributed by atoms with Gasteiger partial charge >= 0.3 is 0 Å². The average molecular weight is 371 g/mol. The summed E-state index contributed by atoms with van der Waals surface area (Å²) in [7, 11) is 0. The van der Waals surface area contributed by atoms with E-state index in [4.69, 9.17) is 5.73 Å². The standard InChI is InChI=1S/C21H17N5S/c1-12-8-13-9-15(3-5-16(13)25-12)26-18-6-7-23-19-10-20(27-21(18)19)17-4-2-14(22)11-24-17/h2-11,25H,22H2,1H3,(H,23,26). The van der Waals surface area contributed by atoms with Crippen LogP contribution in [0, 0.1) is 6.92 Å². The van der Waals surface area contributed by atoms with E-state index >= 15 is 0 Å². The van der Waals surface area contributed by atoms with Crippen LogP contribution in [0.15, 0.2) is 60.9 Å². The molecular weight excluding hydrogens is 354 g/mol. The predicted octanol–water partition coefficient (Wildman–Crippen LogP) is 5.47. The first-order valence-electron chi connectivity index (χ1n) is 8.62. The molecular formula is C21H17N5S. The van der Waals surface area contributed by atoms with Gasteiger partial charge in [0, 0.05) is 28.5 Å². The van der Waals surface area contributed by atoms with Crippen molar-refractivity contribution in [1.82, 2.24) is 15.0 Å². The first-order chi connectivity index (χ1) is 13.2. The van der Waals surface area contributed by atoms with E-state index < -0.39 is 0 Å². The molecule has 0 aliphatic rings. The molecule has 0 spiro atoms. The van der Waals surface area contributed by atoms with Crippen molar-refractivity contribution in [3.8, 4) is 10.6 Å². The maximum Gasteiger partial charge on any atom is 0.0837 e. The van der Waals surface area contributed by atoms with Crippen molar-refractivity contribution in [2.24, 2.45) is 0 Å². The zero-order valence-electron chi connectivity index (χ0n) is 14.7. The molecule has 0 aliphatic heterocycles. The quantitative estimate of drug-likeness (QED) is 0.393. The molecule has 0 amide bonds. The molecule has 0 aliphatic carbocycles. The van der Waals surface area contributed by atoms with E-state index in [1.807, 2.05) is 24.4 Å². The highest BCUT2D eigenvalue weighted by molar-refractivity contribution is 7.22. The molecule has 0 fully saturated rings. The van der Waals surface area contributed by atoms with Gasteiger partial charge in [-0.3, -0.25) is 9.97 Å². The van der Waals surface area contributed by atoms with Crippen molar-refractivity contribution in [1.29, 1.82) is 0 Å². The van der Waals surface area contributed by atoms with Gasteiger partial charge in [-0.15, -0.1) is 11.3 Å². The number of hydrogen-bond donors (Lipinski definition) is 3. The van der Waals surface area contributed by atoms with Crippen molar-refractivity contribution >= 4 is 49.5 Å². The lowest BCUT2D eigenvalue weighted by molar-refractivity contribution is 1.30. The van der Waals surface area contributed by atoms with Gasteiger partial charge < -0.3 is 16.0 Å². The summed E-state index contributed by atoms with van der Waals surface area (Å²) in [6.07, 6.45) is 3.51. The minimum Gasteiger partial charge on any atom is -0.397 e. The zero-order chi connectivity index (χ0) is 18.4. The van der Waals surface area contributed by atoms with Gasteiger partial charge in [-0.1, -0.05) is 0 Å². The number of nitrogens with one attached hydrogen (secondary N) is 2. The van der Waals surface area contributed by atoms with Crippen molar-refractivity contribution in [3.63, 3.8) is 0 Å². The normalized spacial score (nSPS) is 11.3. The van der Waals surface area contributed by atoms with Gasteiger partial charge in [0.25, 0.3) is 0 Å². The van der Waals surface area contributed by atoms with Crippen LogP contribution >= 0.6 is 11.3 Å². The van der Waals surface area contributed by atoms with Gasteiger partial charge in [0.05, 0.1) is 38.4 Å². The fourth-order valence-electron chi connectivity index (χ4n) is 3.22. The number of aromatic nitrogens is 3. The lowest BCUT2D eigenvalue weighted by Crippen LogP contribution is -1.90. The third-order valence-electron chi connectivity index (χ3n) is 4.49. The van der Waals surface area contributed by atoms with Gasteiger partial charge in [-0.05, 0) is 55.5 Å². The Kier molecular flexibility index (Phi) is 3.58. The highest BCUT2D eigenvalue weighted by atomic mass is 32.1. The Hall–Kier alpha value is -3.38. The summed E-state index contributed by atoms with van der Waals surface area (Å²) in [5, 5.41) is 4.73. The number of thiophene rings is 1. The summed E-state index contributed by atoms with van der Waals surface area (Å²) < 4.78 is 1.11. The number of aromatic amines is 1. The average Bonchev–Trinajstić information content (AvgIpc) is 3.25. The van der Waals surface area contributed by atoms with E-state index in [0.717, 1.165) is 43.4 Å². The second kappa shape index (κ2) is 6.10. The molecule has 0 unspecified atom stereocenters. The van der Waals surface area contributed by atoms with Crippen LogP contribution in [0.1, 0.15) is 5.69 Å². The number of aryl methyl sites for hydroxylation is 1. The molecule has 5 rings (SSSR count). The van der Waals surface area contributed by atoms with Crippen molar-refractivity contribution in [2.75, 3.05) is 11.1 Å². The Balaban J connectivity index is 1.55. The first kappa shape index (κ1) is 15.8. The molecule has 0 radical (unpaired) electrons. The molecule has 27 heavy (non-hydrogen) atoms. The summed E-state index contributed by atoms with van der Waals surface area (Å²) >= 11 is 1.68. The predicted molar refractivity (Wildman–Crippen MR) is 114 cm³/mol. The van der Waals surface area contributed by atoms with E-state index in [2.05, 4.69) is 57.5 Å². The molecule has 0 saturated heterocycles. The fraction of sp³-hybridized carbons (Fsp3) is 0.0476. The van der Waals surface area contributed by atoms with Crippen LogP contribution in [-0.4, -0.2) is 15.0 Å². The summed E-state index contributed by atoms with van der Waals surface area (Å²) in [6, 6.07) is 16.4. The third kappa shape index (κ3) is 2.90. The van der Waals surface area contributed by atoms with Gasteiger partial charge in [0.15, 0.2) is 0 Å². The lowest BCUT2D eigenvalue weighted by atomic mass is 10.2. The Bertz CT molecular complexity index is 1270. The van der Waals surface area contributed by atoms with Crippen LogP contribution < -0.4 is 11.1 Å². The Morgan fingerprint density at radius 2 is 1.96 bits per heavy atom. The summed E-state index contributed by atoms with van der Waals surface area (Å²) in [4.78, 5) is 13.4. The number of benzene rings is 1. The highest BCUT2D eigenvalue weighted by Gasteiger charge is 2.10. The topological polar surface area (TPSA) is 79.6 Å². The largest absolute Gasteiger partial charge is 0.397 e. The van der Waals surface area contributed by atoms with E-state index in [0.29, 0.717) is 5.69 Å². The number of nitrogens with zero attached hydrogens (tertiary/aromatic N) is 2. The molecule has 0 atom stereocenters. The van der Waals surface area contributed by atoms with Crippen molar-refractivity contribution in [3.05, 3.63) is 66.6 Å². The Labute approximate surface area is 159 Å². The molecule has 4 heterocycles. The molecule has 1 aromatic carbocycles. The third-order valence-corrected chi connectivity index (χ3v) is 5.67. The Morgan fingerprint density at radius 1 is 1.04 bits per heavy atom. The SMILES string of the molecule is Cc1cc2cc(Nc3ccnc4cc(-c5ccc(N)cn5)sc34)ccc2[nH]1. The molecule has 132 valence electrons. The fourth-order valence-corrected chi connectivity index (χ4v) is 4.29. The smallest absolute Gasteiger partial charge is 0.0837 e. The maximum atomic E-state index is 5.75. The molecule has 6 heteroatoms. The number of pyridine rings is 2. The highest BCUT2D eigenvalue weighted by Crippen LogP contribution is 2.37. The van der Waals surface area contributed by atoms with Crippen molar-refractivity contribution in [2.45, 2.75) is 6.92 Å². The molecule has 5 aromatic rings. The number of H-pyrrole nitrogens is 1. The summed E-state index contributed by atoms with van der Waals surface area (Å²) in [5.74, 6) is 0. The minimum absolute atomic E-state index is 0.663. The van der Waals surface area contributed by atoms with Crippen LogP contribution in [0.2, 0.25) is 0 Å². The molecule has 0 saturated carbocycles. The number of hydrogen-bond acceptors (Lipinski definition) is 5. The van der Waals surface area contributed by atoms with E-state index in [1.165, 1.54) is 5.39 Å². The van der Waals surface area contributed by atoms with E-state index in [9.17, 15) is 0 Å². The summed E-state index contributed by atoms with van der Waals surface area (Å²) in [6.45, 7) is 2.07. The maximum absolute atomic E-state index is 5.75. The van der Waals surface area contributed by atoms with Gasteiger partial charge in [0.2, 0.25) is 0 Å². The van der Waals surface area contributed by atoms with E-state index in [-0.39, 0.29) is 0 Å². The monoisotopic (exact) mass is 371 g/mol. The Morgan fingerprint density at radius 3 is 2.81 bits per heavy atom. The van der Waals surface area contributed by atoms with Crippen LogP contribution in [0.4, 0.5) is 17.1 Å². The lowest BCUT2D eigenvalue weighted by Gasteiger charge is -2.07. The van der Waals surface area contributed by atoms with E-state index in [1.54, 1.807) is 17.5 Å². The molecule has 5 nitrogen and oxygen atoms in total. The second-order valence-electron chi connectivity index (χ2n) is 6.54. The van der Waals surface area contributed by atoms with Crippen molar-refractivity contribution < 1.29 is 0 Å². The van der Waals surface area contributed by atoms with Crippen LogP contribution in [0.3, 0.4) is 0 Å². The van der Waals surface area contributed by atoms with Gasteiger partial charge in [-0.25, -0.2) is 0 Å². The number of nitrogens with two attached hydrogens (primary N) is 1. The molecule has 0 bridgehead atoms. The minimum atomic E-state index is 0.663. The van der Waals surface area contributed by atoms with Crippen LogP contribution in [0.5, 0.6) is 0 Å². The van der Waals surface area contributed by atoms with Gasteiger partial charge in [0.1, 0.15) is 0 Å². The van der Waals surface area contributed by atoms with Gasteiger partial charge in [-0.2, -0.15) is 0 Å². The second-order valence-corrected chi connectivity index (χ2v) is 7.59. The number of nitrogen functional groups attached to an aromatic ring is 1. The summed E-state index contributed by atoms with van der Waals surface area (Å²) in [5.41, 5.74) is 12.7. The molecule has 4 aromatic heterocycles. The van der Waals surface area contributed by atoms with Crippen LogP contribution in [0.25, 0.3) is 31.7 Å². The zero-order valence-corrected chi connectivity index (χ0v) is 15.5.